The first-order valence-electron chi connectivity index (χ1n) is 5.40. The summed E-state index contributed by atoms with van der Waals surface area (Å²) >= 11 is 0. The van der Waals surface area contributed by atoms with Crippen LogP contribution >= 0.6 is 0 Å². The normalized spacial score (nSPS) is 10.4. The molecule has 0 unspecified atom stereocenters. The number of nitrogen functional groups attached to an aromatic ring is 1. The second-order valence-electron chi connectivity index (χ2n) is 3.91. The Kier molecular flexibility index (Phi) is 3.60. The molecule has 0 radical (unpaired) electrons. The van der Waals surface area contributed by atoms with Crippen LogP contribution in [0.1, 0.15) is 10.4 Å². The van der Waals surface area contributed by atoms with Gasteiger partial charge in [-0.25, -0.2) is 17.6 Å². The molecule has 7 heteroatoms. The Morgan fingerprint density at radius 3 is 2.25 bits per heavy atom. The summed E-state index contributed by atoms with van der Waals surface area (Å²) in [4.78, 5) is 11.7. The molecule has 0 saturated carbocycles. The fraction of sp³-hybridized carbons (Fsp3) is 0. The Labute approximate surface area is 111 Å². The van der Waals surface area contributed by atoms with Crippen molar-refractivity contribution in [1.29, 1.82) is 0 Å². The molecule has 0 aliphatic carbocycles. The molecule has 104 valence electrons. The average Bonchev–Trinajstić information content (AvgIpc) is 2.38. The van der Waals surface area contributed by atoms with E-state index in [1.54, 1.807) is 0 Å². The van der Waals surface area contributed by atoms with Crippen molar-refractivity contribution in [3.63, 3.8) is 0 Å². The van der Waals surface area contributed by atoms with Crippen LogP contribution in [0.3, 0.4) is 0 Å². The third-order valence-corrected chi connectivity index (χ3v) is 2.51. The second-order valence-corrected chi connectivity index (χ2v) is 3.91. The van der Waals surface area contributed by atoms with Gasteiger partial charge in [-0.15, -0.1) is 0 Å². The van der Waals surface area contributed by atoms with Crippen molar-refractivity contribution in [3.8, 4) is 0 Å². The van der Waals surface area contributed by atoms with Crippen molar-refractivity contribution >= 4 is 17.3 Å². The number of para-hydroxylation sites is 1. The van der Waals surface area contributed by atoms with Crippen LogP contribution in [0, 0.1) is 23.3 Å². The summed E-state index contributed by atoms with van der Waals surface area (Å²) in [5.41, 5.74) is 3.09. The number of hydrogen-bond acceptors (Lipinski definition) is 2. The monoisotopic (exact) mass is 284 g/mol. The third kappa shape index (κ3) is 2.56. The Hall–Kier alpha value is -2.57. The lowest BCUT2D eigenvalue weighted by atomic mass is 10.1. The van der Waals surface area contributed by atoms with Gasteiger partial charge in [0.25, 0.3) is 5.91 Å². The fourth-order valence-corrected chi connectivity index (χ4v) is 1.57. The van der Waals surface area contributed by atoms with E-state index in [-0.39, 0.29) is 0 Å². The molecule has 0 atom stereocenters. The lowest BCUT2D eigenvalue weighted by Gasteiger charge is -2.09. The van der Waals surface area contributed by atoms with Crippen molar-refractivity contribution in [1.82, 2.24) is 0 Å². The van der Waals surface area contributed by atoms with E-state index in [9.17, 15) is 22.4 Å². The highest BCUT2D eigenvalue weighted by molar-refractivity contribution is 6.05. The quantitative estimate of drug-likeness (QED) is 0.657. The molecule has 2 aromatic carbocycles. The van der Waals surface area contributed by atoms with Crippen LogP contribution in [0.5, 0.6) is 0 Å². The highest BCUT2D eigenvalue weighted by Crippen LogP contribution is 2.22. The standard InChI is InChI=1S/C13H8F4N2O/c14-6-4-7(11(17)10(18)5-6)13(20)19-12-8(15)2-1-3-9(12)16/h1-5H,18H2,(H,19,20). The summed E-state index contributed by atoms with van der Waals surface area (Å²) in [5.74, 6) is -5.40. The number of benzene rings is 2. The summed E-state index contributed by atoms with van der Waals surface area (Å²) in [6, 6.07) is 4.20. The first-order chi connectivity index (χ1) is 9.40. The van der Waals surface area contributed by atoms with Gasteiger partial charge < -0.3 is 11.1 Å². The molecule has 2 rings (SSSR count). The first-order valence-corrected chi connectivity index (χ1v) is 5.40. The predicted octanol–water partition coefficient (Wildman–Crippen LogP) is 3.08. The highest BCUT2D eigenvalue weighted by atomic mass is 19.1. The summed E-state index contributed by atoms with van der Waals surface area (Å²) in [7, 11) is 0. The molecule has 0 bridgehead atoms. The number of halogens is 4. The van der Waals surface area contributed by atoms with Crippen LogP contribution in [0.2, 0.25) is 0 Å². The number of carbonyl (C=O) groups excluding carboxylic acids is 1. The molecule has 0 fully saturated rings. The highest BCUT2D eigenvalue weighted by Gasteiger charge is 2.19. The Morgan fingerprint density at radius 2 is 1.65 bits per heavy atom. The van der Waals surface area contributed by atoms with Crippen molar-refractivity contribution in [2.75, 3.05) is 11.1 Å². The summed E-state index contributed by atoms with van der Waals surface area (Å²) < 4.78 is 53.4. The zero-order valence-electron chi connectivity index (χ0n) is 9.88. The van der Waals surface area contributed by atoms with E-state index in [0.29, 0.717) is 12.1 Å². The van der Waals surface area contributed by atoms with Gasteiger partial charge in [0.1, 0.15) is 23.1 Å². The Balaban J connectivity index is 2.39. The van der Waals surface area contributed by atoms with Gasteiger partial charge in [-0.05, 0) is 24.3 Å². The average molecular weight is 284 g/mol. The molecule has 2 aromatic rings. The molecule has 3 nitrogen and oxygen atoms in total. The maximum Gasteiger partial charge on any atom is 0.258 e. The molecule has 0 saturated heterocycles. The van der Waals surface area contributed by atoms with Crippen LogP contribution in [0.25, 0.3) is 0 Å². The van der Waals surface area contributed by atoms with Crippen molar-refractivity contribution in [3.05, 3.63) is 59.2 Å². The number of nitrogens with two attached hydrogens (primary N) is 1. The summed E-state index contributed by atoms with van der Waals surface area (Å²) in [6.45, 7) is 0. The molecular weight excluding hydrogens is 276 g/mol. The molecule has 0 aliphatic heterocycles. The lowest BCUT2D eigenvalue weighted by molar-refractivity contribution is 0.102. The van der Waals surface area contributed by atoms with Gasteiger partial charge in [0.15, 0.2) is 5.82 Å². The van der Waals surface area contributed by atoms with Gasteiger partial charge in [-0.1, -0.05) is 6.07 Å². The number of carbonyl (C=O) groups is 1. The lowest BCUT2D eigenvalue weighted by Crippen LogP contribution is -2.17. The zero-order chi connectivity index (χ0) is 14.9. The zero-order valence-corrected chi connectivity index (χ0v) is 9.88. The summed E-state index contributed by atoms with van der Waals surface area (Å²) in [6.07, 6.45) is 0. The molecule has 0 aromatic heterocycles. The van der Waals surface area contributed by atoms with Gasteiger partial charge in [0.2, 0.25) is 0 Å². The minimum atomic E-state index is -1.21. The van der Waals surface area contributed by atoms with E-state index in [2.05, 4.69) is 0 Å². The number of anilines is 2. The van der Waals surface area contributed by atoms with E-state index in [1.807, 2.05) is 5.32 Å². The van der Waals surface area contributed by atoms with Gasteiger partial charge in [0, 0.05) is 0 Å². The van der Waals surface area contributed by atoms with Crippen LogP contribution < -0.4 is 11.1 Å². The number of amides is 1. The van der Waals surface area contributed by atoms with E-state index in [4.69, 9.17) is 5.73 Å². The fourth-order valence-electron chi connectivity index (χ4n) is 1.57. The van der Waals surface area contributed by atoms with Gasteiger partial charge in [-0.3, -0.25) is 4.79 Å². The number of hydrogen-bond donors (Lipinski definition) is 2. The van der Waals surface area contributed by atoms with E-state index in [0.717, 1.165) is 18.2 Å². The molecule has 1 amide bonds. The van der Waals surface area contributed by atoms with Gasteiger partial charge in [-0.2, -0.15) is 0 Å². The van der Waals surface area contributed by atoms with E-state index in [1.165, 1.54) is 0 Å². The van der Waals surface area contributed by atoms with Crippen LogP contribution in [0.15, 0.2) is 30.3 Å². The molecule has 0 heterocycles. The Bertz CT molecular complexity index is 668. The van der Waals surface area contributed by atoms with Crippen molar-refractivity contribution in [2.45, 2.75) is 0 Å². The largest absolute Gasteiger partial charge is 0.396 e. The van der Waals surface area contributed by atoms with Crippen LogP contribution in [-0.4, -0.2) is 5.91 Å². The van der Waals surface area contributed by atoms with Crippen molar-refractivity contribution < 1.29 is 22.4 Å². The minimum Gasteiger partial charge on any atom is -0.396 e. The molecular formula is C13H8F4N2O. The van der Waals surface area contributed by atoms with E-state index >= 15 is 0 Å². The molecule has 20 heavy (non-hydrogen) atoms. The third-order valence-electron chi connectivity index (χ3n) is 2.51. The number of nitrogens with one attached hydrogen (secondary N) is 1. The Morgan fingerprint density at radius 1 is 1.05 bits per heavy atom. The maximum atomic E-state index is 13.6. The van der Waals surface area contributed by atoms with Crippen molar-refractivity contribution in [2.24, 2.45) is 0 Å². The van der Waals surface area contributed by atoms with E-state index < -0.39 is 46.1 Å². The predicted molar refractivity (Wildman–Crippen MR) is 65.1 cm³/mol. The molecule has 3 N–H and O–H groups in total. The SMILES string of the molecule is Nc1cc(F)cc(C(=O)Nc2c(F)cccc2F)c1F. The smallest absolute Gasteiger partial charge is 0.258 e. The molecule has 0 aliphatic rings. The maximum absolute atomic E-state index is 13.6. The minimum absolute atomic E-state index is 0.579. The topological polar surface area (TPSA) is 55.1 Å². The van der Waals surface area contributed by atoms with Gasteiger partial charge in [0.05, 0.1) is 11.3 Å². The van der Waals surface area contributed by atoms with Crippen LogP contribution in [-0.2, 0) is 0 Å². The van der Waals surface area contributed by atoms with Gasteiger partial charge >= 0.3 is 0 Å². The van der Waals surface area contributed by atoms with Crippen LogP contribution in [0.4, 0.5) is 28.9 Å². The first kappa shape index (κ1) is 13.9. The molecule has 0 spiro atoms. The summed E-state index contributed by atoms with van der Waals surface area (Å²) in [5, 5.41) is 1.84. The number of rotatable bonds is 2. The second kappa shape index (κ2) is 5.20.